The Bertz CT molecular complexity index is 845. The Morgan fingerprint density at radius 1 is 1.50 bits per heavy atom. The zero-order valence-electron chi connectivity index (χ0n) is 11.6. The Morgan fingerprint density at radius 3 is 3.00 bits per heavy atom. The molecule has 0 saturated heterocycles. The molecular formula is C14H12ClFN4OS. The summed E-state index contributed by atoms with van der Waals surface area (Å²) in [6.45, 7) is 0.401. The molecule has 8 heteroatoms. The van der Waals surface area contributed by atoms with Crippen LogP contribution in [0.1, 0.15) is 15.5 Å². The van der Waals surface area contributed by atoms with Gasteiger partial charge in [0.1, 0.15) is 22.8 Å². The van der Waals surface area contributed by atoms with E-state index in [9.17, 15) is 9.18 Å². The Labute approximate surface area is 134 Å². The highest BCUT2D eigenvalue weighted by Crippen LogP contribution is 2.36. The fraction of sp³-hybridized carbons (Fsp3) is 0.214. The summed E-state index contributed by atoms with van der Waals surface area (Å²) in [6.07, 6.45) is 2.02. The first-order chi connectivity index (χ1) is 10.6. The van der Waals surface area contributed by atoms with E-state index in [1.807, 2.05) is 0 Å². The third-order valence-electron chi connectivity index (χ3n) is 3.25. The van der Waals surface area contributed by atoms with Crippen LogP contribution in [0.15, 0.2) is 24.5 Å². The molecule has 0 atom stereocenters. The van der Waals surface area contributed by atoms with Gasteiger partial charge in [0.2, 0.25) is 0 Å². The maximum absolute atomic E-state index is 13.8. The van der Waals surface area contributed by atoms with Crippen LogP contribution in [0.25, 0.3) is 10.1 Å². The van der Waals surface area contributed by atoms with Gasteiger partial charge in [-0.1, -0.05) is 17.7 Å². The molecule has 3 rings (SSSR count). The van der Waals surface area contributed by atoms with Crippen molar-refractivity contribution in [1.82, 2.24) is 20.1 Å². The number of rotatable bonds is 4. The van der Waals surface area contributed by atoms with Gasteiger partial charge in [0.25, 0.3) is 5.91 Å². The molecule has 0 bridgehead atoms. The quantitative estimate of drug-likeness (QED) is 0.795. The summed E-state index contributed by atoms with van der Waals surface area (Å²) in [5, 5.41) is 7.19. The van der Waals surface area contributed by atoms with Crippen LogP contribution in [0.3, 0.4) is 0 Å². The van der Waals surface area contributed by atoms with Crippen LogP contribution in [0.2, 0.25) is 5.02 Å². The molecule has 1 N–H and O–H groups in total. The lowest BCUT2D eigenvalue weighted by Gasteiger charge is -2.03. The number of thiophene rings is 1. The second-order valence-corrected chi connectivity index (χ2v) is 6.09. The van der Waals surface area contributed by atoms with Gasteiger partial charge < -0.3 is 5.32 Å². The van der Waals surface area contributed by atoms with Gasteiger partial charge in [-0.15, -0.1) is 11.3 Å². The SMILES string of the molecule is Cn1ncnc1CCNC(=O)c1sc2cccc(F)c2c1Cl. The Kier molecular flexibility index (Phi) is 4.08. The summed E-state index contributed by atoms with van der Waals surface area (Å²) in [7, 11) is 1.79. The summed E-state index contributed by atoms with van der Waals surface area (Å²) in [6, 6.07) is 4.67. The molecule has 5 nitrogen and oxygen atoms in total. The molecule has 3 aromatic rings. The third-order valence-corrected chi connectivity index (χ3v) is 4.90. The number of amides is 1. The summed E-state index contributed by atoms with van der Waals surface area (Å²) < 4.78 is 16.1. The lowest BCUT2D eigenvalue weighted by Crippen LogP contribution is -2.25. The molecule has 0 radical (unpaired) electrons. The fourth-order valence-electron chi connectivity index (χ4n) is 2.13. The first-order valence-electron chi connectivity index (χ1n) is 6.55. The van der Waals surface area contributed by atoms with Crippen molar-refractivity contribution in [3.05, 3.63) is 46.1 Å². The monoisotopic (exact) mass is 338 g/mol. The number of halogens is 2. The average molecular weight is 339 g/mol. The molecule has 2 aromatic heterocycles. The second kappa shape index (κ2) is 6.02. The zero-order chi connectivity index (χ0) is 15.7. The molecule has 114 valence electrons. The minimum atomic E-state index is -0.420. The molecule has 0 fully saturated rings. The number of carbonyl (C=O) groups excluding carboxylic acids is 1. The number of aromatic nitrogens is 3. The Balaban J connectivity index is 1.74. The smallest absolute Gasteiger partial charge is 0.262 e. The number of benzene rings is 1. The standard InChI is InChI=1S/C14H12ClFN4OS/c1-20-10(18-7-19-20)5-6-17-14(21)13-12(15)11-8(16)3-2-4-9(11)22-13/h2-4,7H,5-6H2,1H3,(H,17,21). The van der Waals surface area contributed by atoms with Gasteiger partial charge in [-0.3, -0.25) is 9.48 Å². The van der Waals surface area contributed by atoms with Crippen molar-refractivity contribution in [3.8, 4) is 0 Å². The van der Waals surface area contributed by atoms with Crippen LogP contribution in [0.5, 0.6) is 0 Å². The van der Waals surface area contributed by atoms with E-state index in [4.69, 9.17) is 11.6 Å². The summed E-state index contributed by atoms with van der Waals surface area (Å²) >= 11 is 7.32. The summed E-state index contributed by atoms with van der Waals surface area (Å²) in [5.74, 6) is 0.0402. The van der Waals surface area contributed by atoms with Crippen molar-refractivity contribution in [2.45, 2.75) is 6.42 Å². The first-order valence-corrected chi connectivity index (χ1v) is 7.75. The molecular weight excluding hydrogens is 327 g/mol. The van der Waals surface area contributed by atoms with Crippen LogP contribution < -0.4 is 5.32 Å². The number of nitrogens with zero attached hydrogens (tertiary/aromatic N) is 3. The Morgan fingerprint density at radius 2 is 2.32 bits per heavy atom. The van der Waals surface area contributed by atoms with Gasteiger partial charge in [-0.05, 0) is 12.1 Å². The van der Waals surface area contributed by atoms with Crippen LogP contribution in [0.4, 0.5) is 4.39 Å². The van der Waals surface area contributed by atoms with E-state index in [2.05, 4.69) is 15.4 Å². The highest BCUT2D eigenvalue weighted by atomic mass is 35.5. The molecule has 0 aliphatic rings. The highest BCUT2D eigenvalue weighted by molar-refractivity contribution is 7.21. The largest absolute Gasteiger partial charge is 0.351 e. The molecule has 1 aromatic carbocycles. The maximum Gasteiger partial charge on any atom is 0.262 e. The van der Waals surface area contributed by atoms with E-state index >= 15 is 0 Å². The maximum atomic E-state index is 13.8. The lowest BCUT2D eigenvalue weighted by molar-refractivity contribution is 0.0958. The normalized spacial score (nSPS) is 11.0. The molecule has 22 heavy (non-hydrogen) atoms. The minimum Gasteiger partial charge on any atom is -0.351 e. The van der Waals surface area contributed by atoms with Crippen molar-refractivity contribution in [2.24, 2.45) is 7.05 Å². The Hall–Kier alpha value is -1.99. The van der Waals surface area contributed by atoms with E-state index in [0.29, 0.717) is 27.9 Å². The van der Waals surface area contributed by atoms with E-state index in [-0.39, 0.29) is 10.9 Å². The van der Waals surface area contributed by atoms with E-state index in [1.54, 1.807) is 23.9 Å². The van der Waals surface area contributed by atoms with E-state index in [1.165, 1.54) is 23.7 Å². The molecule has 0 aliphatic heterocycles. The van der Waals surface area contributed by atoms with Crippen molar-refractivity contribution in [1.29, 1.82) is 0 Å². The van der Waals surface area contributed by atoms with Gasteiger partial charge in [0.15, 0.2) is 0 Å². The molecule has 0 spiro atoms. The number of hydrogen-bond acceptors (Lipinski definition) is 4. The predicted octanol–water partition coefficient (Wildman–Crippen LogP) is 2.79. The lowest BCUT2D eigenvalue weighted by atomic mass is 10.2. The zero-order valence-corrected chi connectivity index (χ0v) is 13.2. The topological polar surface area (TPSA) is 59.8 Å². The second-order valence-electron chi connectivity index (χ2n) is 4.66. The van der Waals surface area contributed by atoms with Crippen molar-refractivity contribution in [2.75, 3.05) is 6.54 Å². The fourth-order valence-corrected chi connectivity index (χ4v) is 3.61. The minimum absolute atomic E-state index is 0.161. The summed E-state index contributed by atoms with van der Waals surface area (Å²) in [4.78, 5) is 16.6. The van der Waals surface area contributed by atoms with Crippen LogP contribution in [-0.2, 0) is 13.5 Å². The number of carbonyl (C=O) groups is 1. The molecule has 0 unspecified atom stereocenters. The van der Waals surface area contributed by atoms with Crippen LogP contribution >= 0.6 is 22.9 Å². The van der Waals surface area contributed by atoms with Gasteiger partial charge in [0.05, 0.1) is 5.02 Å². The number of fused-ring (bicyclic) bond motifs is 1. The number of nitrogens with one attached hydrogen (secondary N) is 1. The van der Waals surface area contributed by atoms with Gasteiger partial charge in [0, 0.05) is 30.1 Å². The van der Waals surface area contributed by atoms with Gasteiger partial charge in [-0.2, -0.15) is 5.10 Å². The predicted molar refractivity (Wildman–Crippen MR) is 83.8 cm³/mol. The number of aryl methyl sites for hydroxylation is 1. The van der Waals surface area contributed by atoms with Crippen molar-refractivity contribution >= 4 is 38.9 Å². The van der Waals surface area contributed by atoms with Crippen molar-refractivity contribution in [3.63, 3.8) is 0 Å². The van der Waals surface area contributed by atoms with E-state index in [0.717, 1.165) is 5.82 Å². The molecule has 1 amide bonds. The van der Waals surface area contributed by atoms with Crippen molar-refractivity contribution < 1.29 is 9.18 Å². The van der Waals surface area contributed by atoms with E-state index < -0.39 is 5.82 Å². The highest BCUT2D eigenvalue weighted by Gasteiger charge is 2.19. The summed E-state index contributed by atoms with van der Waals surface area (Å²) in [5.41, 5.74) is 0. The molecule has 2 heterocycles. The molecule has 0 aliphatic carbocycles. The average Bonchev–Trinajstić information content (AvgIpc) is 3.04. The van der Waals surface area contributed by atoms with Gasteiger partial charge in [-0.25, -0.2) is 9.37 Å². The van der Waals surface area contributed by atoms with Gasteiger partial charge >= 0.3 is 0 Å². The molecule has 0 saturated carbocycles. The third kappa shape index (κ3) is 2.69. The number of hydrogen-bond donors (Lipinski definition) is 1. The van der Waals surface area contributed by atoms with Crippen LogP contribution in [0, 0.1) is 5.82 Å². The first kappa shape index (κ1) is 14.9. The van der Waals surface area contributed by atoms with Crippen LogP contribution in [-0.4, -0.2) is 27.2 Å².